The second-order valence-corrected chi connectivity index (χ2v) is 6.11. The number of carboxylic acids is 1. The fourth-order valence-electron chi connectivity index (χ4n) is 2.20. The van der Waals surface area contributed by atoms with Crippen molar-refractivity contribution in [3.8, 4) is 0 Å². The first-order valence-corrected chi connectivity index (χ1v) is 8.00. The van der Waals surface area contributed by atoms with Crippen LogP contribution in [0, 0.1) is 5.92 Å². The lowest BCUT2D eigenvalue weighted by Gasteiger charge is -2.23. The fourth-order valence-corrected chi connectivity index (χ4v) is 2.20. The Kier molecular flexibility index (Phi) is 8.03. The predicted octanol–water partition coefficient (Wildman–Crippen LogP) is -0.741. The van der Waals surface area contributed by atoms with Crippen molar-refractivity contribution in [1.29, 1.82) is 0 Å². The van der Waals surface area contributed by atoms with E-state index in [1.54, 1.807) is 13.8 Å². The van der Waals surface area contributed by atoms with Gasteiger partial charge in [0.15, 0.2) is 0 Å². The lowest BCUT2D eigenvalue weighted by molar-refractivity contribution is -0.143. The van der Waals surface area contributed by atoms with Crippen LogP contribution in [-0.2, 0) is 20.8 Å². The number of rotatable bonds is 9. The minimum atomic E-state index is -1.27. The SMILES string of the molecule is CC(C)[C@H](NC(=O)[C@H](CO)NC(=O)[C@@H](N)Cc1ccccc1)C(=O)O. The number of aliphatic hydroxyl groups is 1. The predicted molar refractivity (Wildman–Crippen MR) is 91.5 cm³/mol. The van der Waals surface area contributed by atoms with Crippen LogP contribution in [0.5, 0.6) is 0 Å². The molecule has 0 fully saturated rings. The van der Waals surface area contributed by atoms with Crippen LogP contribution in [-0.4, -0.2) is 52.7 Å². The van der Waals surface area contributed by atoms with Gasteiger partial charge in [-0.1, -0.05) is 44.2 Å². The van der Waals surface area contributed by atoms with Crippen LogP contribution in [0.1, 0.15) is 19.4 Å². The Hall–Kier alpha value is -2.45. The summed E-state index contributed by atoms with van der Waals surface area (Å²) in [4.78, 5) is 35.4. The lowest BCUT2D eigenvalue weighted by atomic mass is 10.0. The highest BCUT2D eigenvalue weighted by Crippen LogP contribution is 2.04. The van der Waals surface area contributed by atoms with Crippen molar-refractivity contribution in [2.24, 2.45) is 11.7 Å². The summed E-state index contributed by atoms with van der Waals surface area (Å²) in [5.74, 6) is -2.91. The van der Waals surface area contributed by atoms with Crippen LogP contribution < -0.4 is 16.4 Å². The lowest BCUT2D eigenvalue weighted by Crippen LogP contribution is -2.56. The molecule has 0 saturated heterocycles. The molecular weight excluding hydrogens is 326 g/mol. The largest absolute Gasteiger partial charge is 0.480 e. The quantitative estimate of drug-likeness (QED) is 0.397. The maximum atomic E-state index is 12.1. The molecule has 8 heteroatoms. The zero-order chi connectivity index (χ0) is 19.0. The van der Waals surface area contributed by atoms with Crippen molar-refractivity contribution in [2.45, 2.75) is 38.4 Å². The molecule has 0 radical (unpaired) electrons. The van der Waals surface area contributed by atoms with Gasteiger partial charge in [0.1, 0.15) is 12.1 Å². The van der Waals surface area contributed by atoms with Crippen molar-refractivity contribution in [3.05, 3.63) is 35.9 Å². The summed E-state index contributed by atoms with van der Waals surface area (Å²) in [5.41, 5.74) is 6.69. The number of amides is 2. The fraction of sp³-hybridized carbons (Fsp3) is 0.471. The number of hydrogen-bond acceptors (Lipinski definition) is 5. The summed E-state index contributed by atoms with van der Waals surface area (Å²) in [6.07, 6.45) is 0.274. The van der Waals surface area contributed by atoms with E-state index in [0.717, 1.165) is 5.56 Å². The van der Waals surface area contributed by atoms with Gasteiger partial charge in [-0.15, -0.1) is 0 Å². The van der Waals surface area contributed by atoms with Gasteiger partial charge in [-0.05, 0) is 17.9 Å². The van der Waals surface area contributed by atoms with Gasteiger partial charge in [-0.25, -0.2) is 4.79 Å². The molecule has 0 aromatic heterocycles. The third-order valence-corrected chi connectivity index (χ3v) is 3.68. The molecule has 8 nitrogen and oxygen atoms in total. The first-order valence-electron chi connectivity index (χ1n) is 8.00. The van der Waals surface area contributed by atoms with Gasteiger partial charge < -0.3 is 26.6 Å². The van der Waals surface area contributed by atoms with Crippen molar-refractivity contribution >= 4 is 17.8 Å². The van der Waals surface area contributed by atoms with Crippen LogP contribution in [0.15, 0.2) is 30.3 Å². The highest BCUT2D eigenvalue weighted by atomic mass is 16.4. The van der Waals surface area contributed by atoms with Gasteiger partial charge in [-0.2, -0.15) is 0 Å². The monoisotopic (exact) mass is 351 g/mol. The number of nitrogens with one attached hydrogen (secondary N) is 2. The van der Waals surface area contributed by atoms with Gasteiger partial charge in [0.05, 0.1) is 12.6 Å². The van der Waals surface area contributed by atoms with E-state index in [1.807, 2.05) is 30.3 Å². The molecule has 0 aliphatic heterocycles. The number of aliphatic carboxylic acids is 1. The Morgan fingerprint density at radius 2 is 1.68 bits per heavy atom. The van der Waals surface area contributed by atoms with Crippen molar-refractivity contribution in [1.82, 2.24) is 10.6 Å². The van der Waals surface area contributed by atoms with Gasteiger partial charge >= 0.3 is 5.97 Å². The zero-order valence-corrected chi connectivity index (χ0v) is 14.3. The van der Waals surface area contributed by atoms with Gasteiger partial charge in [0.25, 0.3) is 0 Å². The second-order valence-electron chi connectivity index (χ2n) is 6.11. The molecule has 0 aliphatic carbocycles. The molecule has 25 heavy (non-hydrogen) atoms. The van der Waals surface area contributed by atoms with Crippen molar-refractivity contribution < 1.29 is 24.6 Å². The molecule has 0 spiro atoms. The molecule has 2 amide bonds. The van der Waals surface area contributed by atoms with Crippen LogP contribution in [0.4, 0.5) is 0 Å². The molecule has 0 aliphatic rings. The Labute approximate surface area is 146 Å². The number of nitrogens with two attached hydrogens (primary N) is 1. The molecule has 0 saturated carbocycles. The Morgan fingerprint density at radius 1 is 1.08 bits per heavy atom. The summed E-state index contributed by atoms with van der Waals surface area (Å²) in [6.45, 7) is 2.61. The van der Waals surface area contributed by atoms with Crippen LogP contribution in [0.25, 0.3) is 0 Å². The van der Waals surface area contributed by atoms with E-state index in [-0.39, 0.29) is 12.3 Å². The van der Waals surface area contributed by atoms with Crippen LogP contribution >= 0.6 is 0 Å². The minimum absolute atomic E-state index is 0.274. The number of hydrogen-bond donors (Lipinski definition) is 5. The van der Waals surface area contributed by atoms with E-state index >= 15 is 0 Å². The molecule has 6 N–H and O–H groups in total. The minimum Gasteiger partial charge on any atom is -0.480 e. The highest BCUT2D eigenvalue weighted by Gasteiger charge is 2.29. The summed E-state index contributed by atoms with van der Waals surface area (Å²) in [7, 11) is 0. The third-order valence-electron chi connectivity index (χ3n) is 3.68. The van der Waals surface area contributed by atoms with Gasteiger partial charge in [0, 0.05) is 0 Å². The van der Waals surface area contributed by atoms with E-state index in [4.69, 9.17) is 10.8 Å². The molecular formula is C17H25N3O5. The topological polar surface area (TPSA) is 142 Å². The molecule has 0 bridgehead atoms. The second kappa shape index (κ2) is 9.75. The number of carbonyl (C=O) groups excluding carboxylic acids is 2. The number of aliphatic hydroxyl groups excluding tert-OH is 1. The Bertz CT molecular complexity index is 591. The van der Waals surface area contributed by atoms with Gasteiger partial charge in [-0.3, -0.25) is 9.59 Å². The molecule has 1 rings (SSSR count). The molecule has 0 heterocycles. The Morgan fingerprint density at radius 3 is 2.16 bits per heavy atom. The van der Waals surface area contributed by atoms with E-state index in [0.29, 0.717) is 0 Å². The molecule has 1 aromatic carbocycles. The standard InChI is InChI=1S/C17H25N3O5/c1-10(2)14(17(24)25)20-16(23)13(9-21)19-15(22)12(18)8-11-6-4-3-5-7-11/h3-7,10,12-14,21H,8-9,18H2,1-2H3,(H,19,22)(H,20,23)(H,24,25)/t12-,13-,14-/m0/s1. The number of benzene rings is 1. The van der Waals surface area contributed by atoms with Crippen LogP contribution in [0.2, 0.25) is 0 Å². The summed E-state index contributed by atoms with van der Waals surface area (Å²) in [5, 5.41) is 23.1. The average molecular weight is 351 g/mol. The smallest absolute Gasteiger partial charge is 0.326 e. The first kappa shape index (κ1) is 20.6. The van der Waals surface area contributed by atoms with E-state index in [2.05, 4.69) is 10.6 Å². The molecule has 0 unspecified atom stereocenters. The zero-order valence-electron chi connectivity index (χ0n) is 14.3. The van der Waals surface area contributed by atoms with E-state index in [1.165, 1.54) is 0 Å². The number of carbonyl (C=O) groups is 3. The van der Waals surface area contributed by atoms with Crippen LogP contribution in [0.3, 0.4) is 0 Å². The van der Waals surface area contributed by atoms with Crippen molar-refractivity contribution in [3.63, 3.8) is 0 Å². The highest BCUT2D eigenvalue weighted by molar-refractivity contribution is 5.92. The maximum absolute atomic E-state index is 12.1. The molecule has 138 valence electrons. The van der Waals surface area contributed by atoms with E-state index in [9.17, 15) is 19.5 Å². The Balaban J connectivity index is 2.65. The third kappa shape index (κ3) is 6.52. The number of carboxylic acid groups (broad SMARTS) is 1. The summed E-state index contributed by atoms with van der Waals surface area (Å²) < 4.78 is 0. The first-order chi connectivity index (χ1) is 11.8. The average Bonchev–Trinajstić information content (AvgIpc) is 2.57. The van der Waals surface area contributed by atoms with E-state index < -0.39 is 42.5 Å². The summed E-state index contributed by atoms with van der Waals surface area (Å²) in [6, 6.07) is 5.85. The summed E-state index contributed by atoms with van der Waals surface area (Å²) >= 11 is 0. The molecule has 3 atom stereocenters. The van der Waals surface area contributed by atoms with Crippen molar-refractivity contribution in [2.75, 3.05) is 6.61 Å². The molecule has 1 aromatic rings. The van der Waals surface area contributed by atoms with Gasteiger partial charge in [0.2, 0.25) is 11.8 Å². The normalized spacial score (nSPS) is 14.4. The maximum Gasteiger partial charge on any atom is 0.326 e.